The average molecular weight is 194 g/mol. The van der Waals surface area contributed by atoms with Crippen LogP contribution in [0.3, 0.4) is 0 Å². The van der Waals surface area contributed by atoms with Crippen molar-refractivity contribution in [2.45, 2.75) is 0 Å². The van der Waals surface area contributed by atoms with E-state index in [0.29, 0.717) is 6.29 Å². The van der Waals surface area contributed by atoms with E-state index in [1.807, 2.05) is 0 Å². The Kier molecular flexibility index (Phi) is 2.62. The molecule has 0 bridgehead atoms. The van der Waals surface area contributed by atoms with Gasteiger partial charge in [-0.1, -0.05) is 0 Å². The van der Waals surface area contributed by atoms with Gasteiger partial charge in [-0.2, -0.15) is 0 Å². The maximum Gasteiger partial charge on any atom is 0.339 e. The summed E-state index contributed by atoms with van der Waals surface area (Å²) in [6.07, 6.45) is 0.688. The number of aromatic hydroxyl groups is 1. The molecule has 0 saturated heterocycles. The van der Waals surface area contributed by atoms with Crippen LogP contribution in [0.2, 0.25) is 0 Å². The lowest BCUT2D eigenvalue weighted by atomic mass is 10.1. The number of phenols is 1. The maximum absolute atomic E-state index is 10.6. The molecule has 0 aromatic heterocycles. The standard InChI is InChI=1S/C9H6O5/c10-3-5-1-6(4-11)8(12)7(2-5)9(13)14/h1-4,12H,(H,13,14). The highest BCUT2D eigenvalue weighted by molar-refractivity contribution is 5.97. The molecule has 0 amide bonds. The lowest BCUT2D eigenvalue weighted by Gasteiger charge is -2.02. The Balaban J connectivity index is 3.49. The second-order valence-corrected chi connectivity index (χ2v) is 2.55. The zero-order valence-corrected chi connectivity index (χ0v) is 6.93. The van der Waals surface area contributed by atoms with Crippen LogP contribution in [0.4, 0.5) is 0 Å². The van der Waals surface area contributed by atoms with Gasteiger partial charge in [0.2, 0.25) is 0 Å². The topological polar surface area (TPSA) is 91.7 Å². The third-order valence-electron chi connectivity index (χ3n) is 1.66. The fraction of sp³-hybridized carbons (Fsp3) is 0. The van der Waals surface area contributed by atoms with Crippen LogP contribution in [0.1, 0.15) is 31.1 Å². The molecule has 1 aromatic rings. The van der Waals surface area contributed by atoms with E-state index in [-0.39, 0.29) is 17.4 Å². The SMILES string of the molecule is O=Cc1cc(C=O)c(O)c(C(=O)O)c1. The Morgan fingerprint density at radius 1 is 1.21 bits per heavy atom. The summed E-state index contributed by atoms with van der Waals surface area (Å²) < 4.78 is 0. The molecule has 14 heavy (non-hydrogen) atoms. The molecule has 0 heterocycles. The Bertz CT molecular complexity index is 408. The number of aromatic carboxylic acids is 1. The van der Waals surface area contributed by atoms with Crippen LogP contribution in [0, 0.1) is 0 Å². The van der Waals surface area contributed by atoms with Gasteiger partial charge in [0.15, 0.2) is 6.29 Å². The maximum atomic E-state index is 10.6. The third kappa shape index (κ3) is 1.61. The van der Waals surface area contributed by atoms with Crippen molar-refractivity contribution in [3.05, 3.63) is 28.8 Å². The van der Waals surface area contributed by atoms with E-state index in [1.165, 1.54) is 0 Å². The van der Waals surface area contributed by atoms with E-state index in [2.05, 4.69) is 0 Å². The second kappa shape index (κ2) is 3.69. The first-order chi connectivity index (χ1) is 6.60. The molecular formula is C9H6O5. The summed E-state index contributed by atoms with van der Waals surface area (Å²) in [7, 11) is 0. The van der Waals surface area contributed by atoms with Crippen molar-refractivity contribution in [1.82, 2.24) is 0 Å². The van der Waals surface area contributed by atoms with E-state index in [0.717, 1.165) is 12.1 Å². The van der Waals surface area contributed by atoms with Crippen LogP contribution < -0.4 is 0 Å². The summed E-state index contributed by atoms with van der Waals surface area (Å²) in [6, 6.07) is 2.11. The van der Waals surface area contributed by atoms with Gasteiger partial charge >= 0.3 is 5.97 Å². The van der Waals surface area contributed by atoms with Crippen LogP contribution in [0.25, 0.3) is 0 Å². The number of aldehydes is 2. The first kappa shape index (κ1) is 9.91. The van der Waals surface area contributed by atoms with Gasteiger partial charge in [0.05, 0.1) is 5.56 Å². The monoisotopic (exact) mass is 194 g/mol. The molecule has 0 aliphatic carbocycles. The molecule has 0 aliphatic rings. The van der Waals surface area contributed by atoms with Gasteiger partial charge in [-0.15, -0.1) is 0 Å². The fourth-order valence-corrected chi connectivity index (χ4v) is 1.00. The molecule has 0 atom stereocenters. The van der Waals surface area contributed by atoms with Crippen molar-refractivity contribution in [3.8, 4) is 5.75 Å². The number of hydrogen-bond acceptors (Lipinski definition) is 4. The van der Waals surface area contributed by atoms with Crippen molar-refractivity contribution in [2.24, 2.45) is 0 Å². The first-order valence-electron chi connectivity index (χ1n) is 3.60. The third-order valence-corrected chi connectivity index (χ3v) is 1.66. The quantitative estimate of drug-likeness (QED) is 0.691. The Labute approximate surface area is 78.6 Å². The van der Waals surface area contributed by atoms with E-state index >= 15 is 0 Å². The second-order valence-electron chi connectivity index (χ2n) is 2.55. The highest BCUT2D eigenvalue weighted by atomic mass is 16.4. The normalized spacial score (nSPS) is 9.43. The highest BCUT2D eigenvalue weighted by Crippen LogP contribution is 2.22. The minimum atomic E-state index is -1.39. The molecule has 2 N–H and O–H groups in total. The molecule has 5 nitrogen and oxygen atoms in total. The van der Waals surface area contributed by atoms with E-state index in [4.69, 9.17) is 5.11 Å². The number of rotatable bonds is 3. The molecule has 72 valence electrons. The molecule has 0 aliphatic heterocycles. The lowest BCUT2D eigenvalue weighted by molar-refractivity contribution is 0.0693. The minimum Gasteiger partial charge on any atom is -0.506 e. The molecule has 0 fully saturated rings. The molecule has 5 heteroatoms. The Morgan fingerprint density at radius 2 is 1.86 bits per heavy atom. The molecular weight excluding hydrogens is 188 g/mol. The summed E-state index contributed by atoms with van der Waals surface area (Å²) in [6.45, 7) is 0. The number of benzene rings is 1. The largest absolute Gasteiger partial charge is 0.506 e. The van der Waals surface area contributed by atoms with Gasteiger partial charge in [0, 0.05) is 5.56 Å². The predicted molar refractivity (Wildman–Crippen MR) is 45.8 cm³/mol. The smallest absolute Gasteiger partial charge is 0.339 e. The summed E-state index contributed by atoms with van der Waals surface area (Å²) in [5.41, 5.74) is -0.647. The number of carboxylic acid groups (broad SMARTS) is 1. The Morgan fingerprint density at radius 3 is 2.29 bits per heavy atom. The van der Waals surface area contributed by atoms with Crippen LogP contribution in [-0.4, -0.2) is 28.8 Å². The Hall–Kier alpha value is -2.17. The number of carboxylic acids is 1. The van der Waals surface area contributed by atoms with Gasteiger partial charge in [-0.3, -0.25) is 9.59 Å². The number of hydrogen-bond donors (Lipinski definition) is 2. The van der Waals surface area contributed by atoms with Crippen molar-refractivity contribution < 1.29 is 24.6 Å². The summed E-state index contributed by atoms with van der Waals surface area (Å²) in [5.74, 6) is -2.02. The zero-order chi connectivity index (χ0) is 10.7. The highest BCUT2D eigenvalue weighted by Gasteiger charge is 2.14. The first-order valence-corrected chi connectivity index (χ1v) is 3.60. The van der Waals surface area contributed by atoms with E-state index < -0.39 is 17.3 Å². The van der Waals surface area contributed by atoms with Crippen LogP contribution in [0.5, 0.6) is 5.75 Å². The van der Waals surface area contributed by atoms with Crippen molar-refractivity contribution in [3.63, 3.8) is 0 Å². The van der Waals surface area contributed by atoms with Gasteiger partial charge in [0.25, 0.3) is 0 Å². The fourth-order valence-electron chi connectivity index (χ4n) is 1.00. The van der Waals surface area contributed by atoms with E-state index in [9.17, 15) is 19.5 Å². The molecule has 1 rings (SSSR count). The van der Waals surface area contributed by atoms with Crippen LogP contribution in [0.15, 0.2) is 12.1 Å². The van der Waals surface area contributed by atoms with Crippen LogP contribution >= 0.6 is 0 Å². The van der Waals surface area contributed by atoms with Crippen molar-refractivity contribution >= 4 is 18.5 Å². The van der Waals surface area contributed by atoms with Gasteiger partial charge in [-0.25, -0.2) is 4.79 Å². The lowest BCUT2D eigenvalue weighted by Crippen LogP contribution is -2.00. The van der Waals surface area contributed by atoms with Gasteiger partial charge in [-0.05, 0) is 12.1 Å². The average Bonchev–Trinajstić information content (AvgIpc) is 2.17. The molecule has 0 saturated carbocycles. The molecule has 1 aromatic carbocycles. The van der Waals surface area contributed by atoms with Crippen molar-refractivity contribution in [2.75, 3.05) is 0 Å². The number of carbonyl (C=O) groups excluding carboxylic acids is 2. The zero-order valence-electron chi connectivity index (χ0n) is 6.93. The van der Waals surface area contributed by atoms with Crippen LogP contribution in [-0.2, 0) is 0 Å². The van der Waals surface area contributed by atoms with Gasteiger partial charge < -0.3 is 10.2 Å². The number of carbonyl (C=O) groups is 3. The van der Waals surface area contributed by atoms with Gasteiger partial charge in [0.1, 0.15) is 17.6 Å². The molecule has 0 unspecified atom stereocenters. The minimum absolute atomic E-state index is 0.0299. The summed E-state index contributed by atoms with van der Waals surface area (Å²) in [5, 5.41) is 17.9. The molecule has 0 spiro atoms. The molecule has 0 radical (unpaired) electrons. The summed E-state index contributed by atoms with van der Waals surface area (Å²) >= 11 is 0. The summed E-state index contributed by atoms with van der Waals surface area (Å²) in [4.78, 5) is 31.3. The predicted octanol–water partition coefficient (Wildman–Crippen LogP) is 0.715. The van der Waals surface area contributed by atoms with E-state index in [1.54, 1.807) is 0 Å². The van der Waals surface area contributed by atoms with Crippen molar-refractivity contribution in [1.29, 1.82) is 0 Å².